The summed E-state index contributed by atoms with van der Waals surface area (Å²) in [7, 11) is 1.72. The maximum Gasteiger partial charge on any atom is 0.194 e. The van der Waals surface area contributed by atoms with Gasteiger partial charge in [-0.25, -0.2) is 4.98 Å². The third-order valence-electron chi connectivity index (χ3n) is 4.72. The summed E-state index contributed by atoms with van der Waals surface area (Å²) < 4.78 is 5.43. The van der Waals surface area contributed by atoms with E-state index in [-0.39, 0.29) is 0 Å². The molecule has 1 aromatic carbocycles. The second-order valence-corrected chi connectivity index (χ2v) is 6.46. The molecule has 6 heteroatoms. The average molecular weight is 367 g/mol. The first-order valence-corrected chi connectivity index (χ1v) is 9.63. The molecule has 1 fully saturated rings. The molecule has 0 unspecified atom stereocenters. The monoisotopic (exact) mass is 367 g/mol. The summed E-state index contributed by atoms with van der Waals surface area (Å²) in [6, 6.07) is 14.2. The Balaban J connectivity index is 1.58. The van der Waals surface area contributed by atoms with Gasteiger partial charge in [0.15, 0.2) is 5.96 Å². The Hall–Kier alpha value is -2.76. The van der Waals surface area contributed by atoms with Crippen LogP contribution in [0.25, 0.3) is 0 Å². The second kappa shape index (κ2) is 9.80. The Morgan fingerprint density at radius 1 is 1.11 bits per heavy atom. The quantitative estimate of drug-likeness (QED) is 0.628. The normalized spacial score (nSPS) is 15.0. The number of guanidine groups is 1. The van der Waals surface area contributed by atoms with Crippen molar-refractivity contribution in [3.63, 3.8) is 0 Å². The van der Waals surface area contributed by atoms with E-state index in [1.54, 1.807) is 7.11 Å². The molecule has 144 valence electrons. The van der Waals surface area contributed by atoms with Crippen molar-refractivity contribution in [2.75, 3.05) is 51.3 Å². The van der Waals surface area contributed by atoms with E-state index in [2.05, 4.69) is 39.2 Å². The number of piperazine rings is 1. The van der Waals surface area contributed by atoms with Gasteiger partial charge in [-0.15, -0.1) is 0 Å². The molecule has 1 aliphatic heterocycles. The van der Waals surface area contributed by atoms with Crippen molar-refractivity contribution in [3.05, 3.63) is 54.2 Å². The average Bonchev–Trinajstić information content (AvgIpc) is 2.74. The number of pyridine rings is 1. The summed E-state index contributed by atoms with van der Waals surface area (Å²) in [5.74, 6) is 2.98. The number of aliphatic imine (C=N–C) groups is 1. The maximum atomic E-state index is 5.43. The van der Waals surface area contributed by atoms with Crippen LogP contribution in [0.2, 0.25) is 0 Å². The molecule has 1 aliphatic rings. The van der Waals surface area contributed by atoms with Gasteiger partial charge in [-0.05, 0) is 37.1 Å². The van der Waals surface area contributed by atoms with Crippen molar-refractivity contribution in [1.29, 1.82) is 0 Å². The van der Waals surface area contributed by atoms with Gasteiger partial charge in [-0.2, -0.15) is 0 Å². The van der Waals surface area contributed by atoms with E-state index >= 15 is 0 Å². The number of aromatic nitrogens is 1. The molecule has 0 amide bonds. The number of rotatable bonds is 6. The summed E-state index contributed by atoms with van der Waals surface area (Å²) >= 11 is 0. The highest BCUT2D eigenvalue weighted by Gasteiger charge is 2.20. The first kappa shape index (κ1) is 19.0. The molecule has 2 heterocycles. The fourth-order valence-electron chi connectivity index (χ4n) is 3.31. The fraction of sp³-hybridized carbons (Fsp3) is 0.429. The van der Waals surface area contributed by atoms with Crippen molar-refractivity contribution in [2.45, 2.75) is 13.3 Å². The van der Waals surface area contributed by atoms with Gasteiger partial charge in [-0.1, -0.05) is 24.3 Å². The Kier molecular flexibility index (Phi) is 6.90. The number of hydrogen-bond acceptors (Lipinski definition) is 4. The van der Waals surface area contributed by atoms with Crippen LogP contribution in [-0.4, -0.2) is 62.2 Å². The Morgan fingerprint density at radius 3 is 2.59 bits per heavy atom. The van der Waals surface area contributed by atoms with E-state index < -0.39 is 0 Å². The van der Waals surface area contributed by atoms with Gasteiger partial charge in [-0.3, -0.25) is 4.99 Å². The van der Waals surface area contributed by atoms with Gasteiger partial charge in [0.1, 0.15) is 11.6 Å². The topological polar surface area (TPSA) is 53.0 Å². The number of nitrogens with zero attached hydrogens (tertiary/aromatic N) is 4. The summed E-state index contributed by atoms with van der Waals surface area (Å²) in [6.07, 6.45) is 2.72. The lowest BCUT2D eigenvalue weighted by Crippen LogP contribution is -2.52. The van der Waals surface area contributed by atoms with Crippen molar-refractivity contribution in [1.82, 2.24) is 15.2 Å². The van der Waals surface area contributed by atoms with Crippen molar-refractivity contribution < 1.29 is 4.74 Å². The van der Waals surface area contributed by atoms with Crippen LogP contribution in [-0.2, 0) is 6.42 Å². The molecular weight excluding hydrogens is 338 g/mol. The van der Waals surface area contributed by atoms with Gasteiger partial charge >= 0.3 is 0 Å². The molecule has 2 aromatic rings. The molecule has 0 saturated carbocycles. The molecule has 0 bridgehead atoms. The molecule has 3 rings (SSSR count). The number of hydrogen-bond donors (Lipinski definition) is 1. The maximum absolute atomic E-state index is 5.43. The molecule has 1 N–H and O–H groups in total. The number of anilines is 1. The number of ether oxygens (including phenoxy) is 1. The molecule has 1 aromatic heterocycles. The van der Waals surface area contributed by atoms with Crippen LogP contribution in [0.15, 0.2) is 53.7 Å². The van der Waals surface area contributed by atoms with Crippen LogP contribution in [0.4, 0.5) is 5.82 Å². The van der Waals surface area contributed by atoms with E-state index in [0.717, 1.165) is 63.2 Å². The largest absolute Gasteiger partial charge is 0.496 e. The molecule has 1 saturated heterocycles. The zero-order chi connectivity index (χ0) is 18.9. The lowest BCUT2D eigenvalue weighted by molar-refractivity contribution is 0.371. The van der Waals surface area contributed by atoms with E-state index in [4.69, 9.17) is 9.73 Å². The molecule has 6 nitrogen and oxygen atoms in total. The van der Waals surface area contributed by atoms with Gasteiger partial charge < -0.3 is 19.9 Å². The highest BCUT2D eigenvalue weighted by molar-refractivity contribution is 5.80. The summed E-state index contributed by atoms with van der Waals surface area (Å²) in [4.78, 5) is 14.0. The fourth-order valence-corrected chi connectivity index (χ4v) is 3.31. The molecule has 0 radical (unpaired) electrons. The van der Waals surface area contributed by atoms with Crippen LogP contribution >= 0.6 is 0 Å². The smallest absolute Gasteiger partial charge is 0.194 e. The summed E-state index contributed by atoms with van der Waals surface area (Å²) in [6.45, 7) is 7.51. The molecular formula is C21H29N5O. The predicted molar refractivity (Wildman–Crippen MR) is 111 cm³/mol. The Morgan fingerprint density at radius 2 is 1.89 bits per heavy atom. The van der Waals surface area contributed by atoms with E-state index in [1.807, 2.05) is 36.5 Å². The standard InChI is InChI=1S/C21H29N5O/c1-3-22-21(24-13-11-18-8-4-5-9-19(18)27-2)26-16-14-25(15-17-26)20-10-6-7-12-23-20/h4-10,12H,3,11,13-17H2,1-2H3,(H,22,24). The number of methoxy groups -OCH3 is 1. The molecule has 0 aliphatic carbocycles. The van der Waals surface area contributed by atoms with Crippen molar-refractivity contribution >= 4 is 11.8 Å². The van der Waals surface area contributed by atoms with Crippen molar-refractivity contribution in [3.8, 4) is 5.75 Å². The molecule has 27 heavy (non-hydrogen) atoms. The minimum atomic E-state index is 0.739. The van der Waals surface area contributed by atoms with Crippen LogP contribution in [0.5, 0.6) is 5.75 Å². The number of para-hydroxylation sites is 1. The number of benzene rings is 1. The highest BCUT2D eigenvalue weighted by atomic mass is 16.5. The van der Waals surface area contributed by atoms with E-state index in [1.165, 1.54) is 5.56 Å². The van der Waals surface area contributed by atoms with Crippen LogP contribution in [0, 0.1) is 0 Å². The van der Waals surface area contributed by atoms with Crippen LogP contribution in [0.1, 0.15) is 12.5 Å². The second-order valence-electron chi connectivity index (χ2n) is 6.46. The number of nitrogens with one attached hydrogen (secondary N) is 1. The van der Waals surface area contributed by atoms with Crippen LogP contribution in [0.3, 0.4) is 0 Å². The molecule has 0 atom stereocenters. The highest BCUT2D eigenvalue weighted by Crippen LogP contribution is 2.18. The third-order valence-corrected chi connectivity index (χ3v) is 4.72. The van der Waals surface area contributed by atoms with E-state index in [0.29, 0.717) is 0 Å². The Bertz CT molecular complexity index is 726. The third kappa shape index (κ3) is 5.12. The summed E-state index contributed by atoms with van der Waals surface area (Å²) in [5.41, 5.74) is 1.19. The Labute approximate surface area is 161 Å². The van der Waals surface area contributed by atoms with Crippen molar-refractivity contribution in [2.24, 2.45) is 4.99 Å². The lowest BCUT2D eigenvalue weighted by atomic mass is 10.1. The SMILES string of the molecule is CCNC(=NCCc1ccccc1OC)N1CCN(c2ccccn2)CC1. The minimum Gasteiger partial charge on any atom is -0.496 e. The first-order chi connectivity index (χ1) is 13.3. The first-order valence-electron chi connectivity index (χ1n) is 9.63. The van der Waals surface area contributed by atoms with E-state index in [9.17, 15) is 0 Å². The van der Waals surface area contributed by atoms with Gasteiger partial charge in [0, 0.05) is 45.5 Å². The van der Waals surface area contributed by atoms with Gasteiger partial charge in [0.2, 0.25) is 0 Å². The van der Waals surface area contributed by atoms with Gasteiger partial charge in [0.25, 0.3) is 0 Å². The molecule has 0 spiro atoms. The van der Waals surface area contributed by atoms with Gasteiger partial charge in [0.05, 0.1) is 7.11 Å². The summed E-state index contributed by atoms with van der Waals surface area (Å²) in [5, 5.41) is 3.43. The minimum absolute atomic E-state index is 0.739. The zero-order valence-electron chi connectivity index (χ0n) is 16.3. The lowest BCUT2D eigenvalue weighted by Gasteiger charge is -2.37. The van der Waals surface area contributed by atoms with Crippen LogP contribution < -0.4 is 15.0 Å². The predicted octanol–water partition coefficient (Wildman–Crippen LogP) is 2.42. The zero-order valence-corrected chi connectivity index (χ0v) is 16.3.